The van der Waals surface area contributed by atoms with Crippen LogP contribution in [0.5, 0.6) is 0 Å². The highest BCUT2D eigenvalue weighted by Gasteiger charge is 2.39. The van der Waals surface area contributed by atoms with Gasteiger partial charge in [0.05, 0.1) is 41.4 Å². The molecule has 1 N–H and O–H groups in total. The Bertz CT molecular complexity index is 1460. The van der Waals surface area contributed by atoms with E-state index in [1.54, 1.807) is 25.1 Å². The van der Waals surface area contributed by atoms with Gasteiger partial charge in [-0.25, -0.2) is 19.7 Å². The number of benzene rings is 1. The minimum Gasteiger partial charge on any atom is -0.449 e. The van der Waals surface area contributed by atoms with Crippen molar-refractivity contribution in [1.29, 1.82) is 10.5 Å². The second kappa shape index (κ2) is 11.4. The van der Waals surface area contributed by atoms with Crippen molar-refractivity contribution < 1.29 is 22.7 Å². The lowest BCUT2D eigenvalue weighted by molar-refractivity contribution is -0.137. The second-order valence-electron chi connectivity index (χ2n) is 8.80. The molecule has 1 aliphatic heterocycles. The van der Waals surface area contributed by atoms with Gasteiger partial charge in [-0.15, -0.1) is 0 Å². The van der Waals surface area contributed by atoms with Crippen LogP contribution >= 0.6 is 0 Å². The van der Waals surface area contributed by atoms with E-state index in [0.717, 1.165) is 12.1 Å². The van der Waals surface area contributed by atoms with Gasteiger partial charge >= 0.3 is 12.3 Å². The zero-order valence-corrected chi connectivity index (χ0v) is 21.2. The number of hydrogen-bond donors (Lipinski definition) is 1. The van der Waals surface area contributed by atoms with Crippen molar-refractivity contribution in [3.05, 3.63) is 76.4 Å². The van der Waals surface area contributed by atoms with Gasteiger partial charge in [0.2, 0.25) is 5.95 Å². The summed E-state index contributed by atoms with van der Waals surface area (Å²) >= 11 is 0. The fourth-order valence-corrected chi connectivity index (χ4v) is 4.54. The molecule has 1 amide bonds. The molecule has 12 heteroatoms. The zero-order valence-electron chi connectivity index (χ0n) is 21.2. The Morgan fingerprint density at radius 1 is 1.18 bits per heavy atom. The molecule has 0 radical (unpaired) electrons. The fraction of sp³-hybridized carbons (Fsp3) is 0.333. The molecule has 0 saturated heterocycles. The molecule has 0 aliphatic carbocycles. The van der Waals surface area contributed by atoms with E-state index in [1.807, 2.05) is 19.1 Å². The third-order valence-electron chi connectivity index (χ3n) is 6.36. The van der Waals surface area contributed by atoms with Crippen LogP contribution in [0.2, 0.25) is 0 Å². The fourth-order valence-electron chi connectivity index (χ4n) is 4.54. The van der Waals surface area contributed by atoms with E-state index in [9.17, 15) is 23.2 Å². The largest absolute Gasteiger partial charge is 0.449 e. The molecule has 200 valence electrons. The molecule has 1 aromatic carbocycles. The number of carbonyl (C=O) groups is 1. The lowest BCUT2D eigenvalue weighted by atomic mass is 9.89. The molecule has 9 nitrogen and oxygen atoms in total. The van der Waals surface area contributed by atoms with Gasteiger partial charge in [0.25, 0.3) is 0 Å². The highest BCUT2D eigenvalue weighted by Crippen LogP contribution is 2.43. The Balaban J connectivity index is 1.73. The van der Waals surface area contributed by atoms with E-state index >= 15 is 0 Å². The number of anilines is 2. The summed E-state index contributed by atoms with van der Waals surface area (Å²) in [6.07, 6.45) is -2.95. The SMILES string of the molecule is CCOC(=O)N1c2ccc(C(F)(F)F)cc2[C@@H](Nc2ncc(C#N)c(Cc3cccc(C#N)n3)n2)C[C@H]1CC. The Morgan fingerprint density at radius 3 is 2.64 bits per heavy atom. The lowest BCUT2D eigenvalue weighted by Gasteiger charge is -2.40. The summed E-state index contributed by atoms with van der Waals surface area (Å²) in [5, 5.41) is 21.8. The number of pyridine rings is 1. The minimum atomic E-state index is -4.58. The van der Waals surface area contributed by atoms with E-state index in [-0.39, 0.29) is 48.3 Å². The van der Waals surface area contributed by atoms with Gasteiger partial charge in [-0.05, 0) is 55.7 Å². The molecule has 0 spiro atoms. The summed E-state index contributed by atoms with van der Waals surface area (Å²) in [4.78, 5) is 27.1. The number of carbonyl (C=O) groups excluding carboxylic acids is 1. The number of amides is 1. The predicted octanol–water partition coefficient (Wildman–Crippen LogP) is 5.52. The molecule has 0 bridgehead atoms. The third-order valence-corrected chi connectivity index (χ3v) is 6.36. The monoisotopic (exact) mass is 535 g/mol. The first-order chi connectivity index (χ1) is 18.7. The van der Waals surface area contributed by atoms with Crippen molar-refractivity contribution in [2.75, 3.05) is 16.8 Å². The summed E-state index contributed by atoms with van der Waals surface area (Å²) in [5.74, 6) is 0.105. The lowest BCUT2D eigenvalue weighted by Crippen LogP contribution is -2.46. The Labute approximate surface area is 222 Å². The molecule has 3 heterocycles. The molecule has 2 aromatic heterocycles. The van der Waals surface area contributed by atoms with Crippen LogP contribution in [-0.4, -0.2) is 33.7 Å². The van der Waals surface area contributed by atoms with Gasteiger partial charge in [-0.1, -0.05) is 13.0 Å². The molecule has 0 fully saturated rings. The molecule has 3 aromatic rings. The molecule has 39 heavy (non-hydrogen) atoms. The highest BCUT2D eigenvalue weighted by molar-refractivity contribution is 5.90. The number of fused-ring (bicyclic) bond motifs is 1. The number of nitriles is 2. The van der Waals surface area contributed by atoms with Gasteiger partial charge in [0, 0.05) is 18.2 Å². The summed E-state index contributed by atoms with van der Waals surface area (Å²) < 4.78 is 46.1. The van der Waals surface area contributed by atoms with Crippen LogP contribution < -0.4 is 10.2 Å². The van der Waals surface area contributed by atoms with E-state index in [0.29, 0.717) is 23.5 Å². The Morgan fingerprint density at radius 2 is 1.97 bits per heavy atom. The molecule has 0 saturated carbocycles. The maximum absolute atomic E-state index is 13.6. The first kappa shape index (κ1) is 27.3. The maximum Gasteiger partial charge on any atom is 0.416 e. The van der Waals surface area contributed by atoms with Crippen LogP contribution in [0, 0.1) is 22.7 Å². The number of ether oxygens (including phenoxy) is 1. The predicted molar refractivity (Wildman–Crippen MR) is 135 cm³/mol. The Hall–Kier alpha value is -4.71. The van der Waals surface area contributed by atoms with Crippen LogP contribution in [-0.2, 0) is 17.3 Å². The van der Waals surface area contributed by atoms with Crippen molar-refractivity contribution in [2.24, 2.45) is 0 Å². The third kappa shape index (κ3) is 5.91. The maximum atomic E-state index is 13.6. The molecular weight excluding hydrogens is 511 g/mol. The van der Waals surface area contributed by atoms with Gasteiger partial charge in [-0.2, -0.15) is 23.7 Å². The average molecular weight is 536 g/mol. The van der Waals surface area contributed by atoms with Gasteiger partial charge in [0.1, 0.15) is 17.8 Å². The zero-order chi connectivity index (χ0) is 28.2. The smallest absolute Gasteiger partial charge is 0.416 e. The van der Waals surface area contributed by atoms with Crippen LogP contribution in [0.1, 0.15) is 66.5 Å². The number of halogens is 3. The van der Waals surface area contributed by atoms with Crippen LogP contribution in [0.25, 0.3) is 0 Å². The Kier molecular flexibility index (Phi) is 7.96. The number of aromatic nitrogens is 3. The van der Waals surface area contributed by atoms with Crippen molar-refractivity contribution in [1.82, 2.24) is 15.0 Å². The molecule has 2 atom stereocenters. The number of rotatable bonds is 6. The summed E-state index contributed by atoms with van der Waals surface area (Å²) in [7, 11) is 0. The standard InChI is InChI=1S/C27H24F3N7O2/c1-3-20-12-23(21-10-17(27(28,29)30)8-9-24(21)37(20)26(38)39-4-2)36-25-33-15-16(13-31)22(35-25)11-18-6-5-7-19(14-32)34-18/h5-10,15,20,23H,3-4,11-12H2,1-2H3,(H,33,35,36)/t20-,23+/m1/s1. The molecular formula is C27H24F3N7O2. The van der Waals surface area contributed by atoms with E-state index in [2.05, 4.69) is 20.3 Å². The van der Waals surface area contributed by atoms with E-state index < -0.39 is 23.9 Å². The first-order valence-electron chi connectivity index (χ1n) is 12.2. The number of nitrogens with one attached hydrogen (secondary N) is 1. The minimum absolute atomic E-state index is 0.105. The van der Waals surface area contributed by atoms with Crippen molar-refractivity contribution in [3.63, 3.8) is 0 Å². The number of nitrogens with zero attached hydrogens (tertiary/aromatic N) is 6. The quantitative estimate of drug-likeness (QED) is 0.437. The van der Waals surface area contributed by atoms with E-state index in [1.165, 1.54) is 17.2 Å². The average Bonchev–Trinajstić information content (AvgIpc) is 2.92. The van der Waals surface area contributed by atoms with Crippen LogP contribution in [0.4, 0.5) is 29.6 Å². The molecule has 4 rings (SSSR count). The topological polar surface area (TPSA) is 128 Å². The highest BCUT2D eigenvalue weighted by atomic mass is 19.4. The first-order valence-corrected chi connectivity index (χ1v) is 12.2. The molecule has 1 aliphatic rings. The van der Waals surface area contributed by atoms with Gasteiger partial charge in [-0.3, -0.25) is 4.90 Å². The van der Waals surface area contributed by atoms with Crippen molar-refractivity contribution in [2.45, 2.75) is 51.4 Å². The number of alkyl halides is 3. The van der Waals surface area contributed by atoms with Gasteiger partial charge in [0.15, 0.2) is 0 Å². The van der Waals surface area contributed by atoms with Crippen LogP contribution in [0.3, 0.4) is 0 Å². The summed E-state index contributed by atoms with van der Waals surface area (Å²) in [5.41, 5.74) is 0.991. The van der Waals surface area contributed by atoms with E-state index in [4.69, 9.17) is 10.00 Å². The van der Waals surface area contributed by atoms with Gasteiger partial charge < -0.3 is 10.1 Å². The van der Waals surface area contributed by atoms with Crippen LogP contribution in [0.15, 0.2) is 42.6 Å². The summed E-state index contributed by atoms with van der Waals surface area (Å²) in [6.45, 7) is 3.66. The van der Waals surface area contributed by atoms with Crippen molar-refractivity contribution >= 4 is 17.7 Å². The normalized spacial score (nSPS) is 16.5. The summed E-state index contributed by atoms with van der Waals surface area (Å²) in [6, 6.07) is 11.1. The second-order valence-corrected chi connectivity index (χ2v) is 8.80. The number of hydrogen-bond acceptors (Lipinski definition) is 8. The van der Waals surface area contributed by atoms with Crippen molar-refractivity contribution in [3.8, 4) is 12.1 Å². The molecule has 0 unspecified atom stereocenters.